The fraction of sp³-hybridized carbons (Fsp3) is 0.500. The van der Waals surface area contributed by atoms with Crippen LogP contribution in [0.25, 0.3) is 0 Å². The van der Waals surface area contributed by atoms with Crippen LogP contribution in [0.15, 0.2) is 30.3 Å². The maximum atomic E-state index is 9.50. The third-order valence-corrected chi connectivity index (χ3v) is 2.55. The van der Waals surface area contributed by atoms with E-state index < -0.39 is 6.29 Å². The molecule has 1 heterocycles. The van der Waals surface area contributed by atoms with Crippen molar-refractivity contribution in [2.45, 2.75) is 31.8 Å². The minimum absolute atomic E-state index is 0.182. The van der Waals surface area contributed by atoms with Gasteiger partial charge in [0.15, 0.2) is 6.29 Å². The van der Waals surface area contributed by atoms with E-state index in [4.69, 9.17) is 9.47 Å². The predicted molar refractivity (Wildman–Crippen MR) is 56.2 cm³/mol. The van der Waals surface area contributed by atoms with E-state index in [1.165, 1.54) is 0 Å². The van der Waals surface area contributed by atoms with Gasteiger partial charge in [-0.2, -0.15) is 0 Å². The molecular formula is C12H16O3. The smallest absolute Gasteiger partial charge is 0.181 e. The first-order chi connectivity index (χ1) is 7.36. The second-order valence-electron chi connectivity index (χ2n) is 3.74. The first-order valence-corrected chi connectivity index (χ1v) is 5.31. The van der Waals surface area contributed by atoms with Gasteiger partial charge in [-0.3, -0.25) is 0 Å². The summed E-state index contributed by atoms with van der Waals surface area (Å²) in [6, 6.07) is 9.95. The van der Waals surface area contributed by atoms with Gasteiger partial charge in [-0.25, -0.2) is 0 Å². The van der Waals surface area contributed by atoms with Crippen molar-refractivity contribution in [1.29, 1.82) is 0 Å². The molecule has 1 aromatic carbocycles. The summed E-state index contributed by atoms with van der Waals surface area (Å²) < 4.78 is 10.7. The summed E-state index contributed by atoms with van der Waals surface area (Å²) in [7, 11) is 0. The van der Waals surface area contributed by atoms with Crippen LogP contribution in [-0.4, -0.2) is 24.1 Å². The first kappa shape index (κ1) is 10.6. The van der Waals surface area contributed by atoms with E-state index >= 15 is 0 Å². The number of hydrogen-bond donors (Lipinski definition) is 1. The van der Waals surface area contributed by atoms with Crippen LogP contribution < -0.4 is 0 Å². The molecule has 0 aliphatic carbocycles. The molecule has 1 aliphatic rings. The normalized spacial score (nSPS) is 26.5. The molecule has 2 atom stereocenters. The zero-order chi connectivity index (χ0) is 10.5. The topological polar surface area (TPSA) is 38.7 Å². The van der Waals surface area contributed by atoms with E-state index in [1.807, 2.05) is 30.3 Å². The van der Waals surface area contributed by atoms with Crippen LogP contribution in [0.4, 0.5) is 0 Å². The van der Waals surface area contributed by atoms with Crippen molar-refractivity contribution >= 4 is 0 Å². The highest BCUT2D eigenvalue weighted by Crippen LogP contribution is 2.16. The average Bonchev–Trinajstić information content (AvgIpc) is 2.29. The molecule has 0 spiro atoms. The molecule has 0 amide bonds. The van der Waals surface area contributed by atoms with Gasteiger partial charge in [0, 0.05) is 6.61 Å². The Morgan fingerprint density at radius 2 is 2.13 bits per heavy atom. The van der Waals surface area contributed by atoms with Crippen LogP contribution >= 0.6 is 0 Å². The summed E-state index contributed by atoms with van der Waals surface area (Å²) in [5.74, 6) is 0. The van der Waals surface area contributed by atoms with Crippen molar-refractivity contribution in [3.8, 4) is 0 Å². The minimum atomic E-state index is -0.762. The number of aliphatic hydroxyl groups excluding tert-OH is 1. The Morgan fingerprint density at radius 1 is 1.33 bits per heavy atom. The summed E-state index contributed by atoms with van der Waals surface area (Å²) >= 11 is 0. The highest BCUT2D eigenvalue weighted by Gasteiger charge is 2.24. The van der Waals surface area contributed by atoms with Crippen LogP contribution in [0.5, 0.6) is 0 Å². The third-order valence-electron chi connectivity index (χ3n) is 2.55. The zero-order valence-electron chi connectivity index (χ0n) is 8.63. The summed E-state index contributed by atoms with van der Waals surface area (Å²) in [6.07, 6.45) is 0.881. The highest BCUT2D eigenvalue weighted by atomic mass is 16.6. The molecule has 3 nitrogen and oxygen atoms in total. The van der Waals surface area contributed by atoms with Gasteiger partial charge in [0.2, 0.25) is 0 Å². The van der Waals surface area contributed by atoms with Crippen molar-refractivity contribution in [2.75, 3.05) is 6.61 Å². The van der Waals surface area contributed by atoms with Crippen LogP contribution in [-0.2, 0) is 16.1 Å². The van der Waals surface area contributed by atoms with E-state index in [0.717, 1.165) is 18.4 Å². The van der Waals surface area contributed by atoms with Gasteiger partial charge in [0.25, 0.3) is 0 Å². The van der Waals surface area contributed by atoms with E-state index in [9.17, 15) is 5.11 Å². The molecule has 2 rings (SSSR count). The predicted octanol–water partition coefficient (Wildman–Crippen LogP) is 1.70. The standard InChI is InChI=1S/C12H16O3/c13-12-11(7-4-8-14-12)15-9-10-5-2-1-3-6-10/h1-3,5-6,11-13H,4,7-9H2/t11-,12-/m0/s1. The number of benzene rings is 1. The maximum absolute atomic E-state index is 9.50. The lowest BCUT2D eigenvalue weighted by molar-refractivity contribution is -0.205. The van der Waals surface area contributed by atoms with Crippen LogP contribution in [0.2, 0.25) is 0 Å². The monoisotopic (exact) mass is 208 g/mol. The first-order valence-electron chi connectivity index (χ1n) is 5.31. The molecule has 3 heteroatoms. The SMILES string of the molecule is O[C@H]1OCCC[C@@H]1OCc1ccccc1. The molecule has 1 aliphatic heterocycles. The van der Waals surface area contributed by atoms with E-state index in [0.29, 0.717) is 13.2 Å². The number of aliphatic hydroxyl groups is 1. The molecule has 0 aromatic heterocycles. The molecule has 1 N–H and O–H groups in total. The Hall–Kier alpha value is -0.900. The number of rotatable bonds is 3. The van der Waals surface area contributed by atoms with Gasteiger partial charge in [0.05, 0.1) is 6.61 Å². The fourth-order valence-corrected chi connectivity index (χ4v) is 1.68. The Kier molecular flexibility index (Phi) is 3.72. The molecule has 0 unspecified atom stereocenters. The molecule has 0 radical (unpaired) electrons. The van der Waals surface area contributed by atoms with Crippen LogP contribution in [0.1, 0.15) is 18.4 Å². The lowest BCUT2D eigenvalue weighted by Crippen LogP contribution is -2.35. The second-order valence-corrected chi connectivity index (χ2v) is 3.74. The van der Waals surface area contributed by atoms with E-state index in [2.05, 4.69) is 0 Å². The quantitative estimate of drug-likeness (QED) is 0.821. The molecule has 82 valence electrons. The van der Waals surface area contributed by atoms with Crippen molar-refractivity contribution in [2.24, 2.45) is 0 Å². The molecular weight excluding hydrogens is 192 g/mol. The largest absolute Gasteiger partial charge is 0.368 e. The third kappa shape index (κ3) is 3.02. The molecule has 1 saturated heterocycles. The van der Waals surface area contributed by atoms with Crippen molar-refractivity contribution in [3.05, 3.63) is 35.9 Å². The van der Waals surface area contributed by atoms with Gasteiger partial charge in [-0.15, -0.1) is 0 Å². The Balaban J connectivity index is 1.82. The maximum Gasteiger partial charge on any atom is 0.181 e. The Labute approximate surface area is 89.6 Å². The van der Waals surface area contributed by atoms with Gasteiger partial charge in [0.1, 0.15) is 6.10 Å². The fourth-order valence-electron chi connectivity index (χ4n) is 1.68. The van der Waals surface area contributed by atoms with E-state index in [-0.39, 0.29) is 6.10 Å². The zero-order valence-corrected chi connectivity index (χ0v) is 8.63. The van der Waals surface area contributed by atoms with Gasteiger partial charge < -0.3 is 14.6 Å². The second kappa shape index (κ2) is 5.26. The number of ether oxygens (including phenoxy) is 2. The minimum Gasteiger partial charge on any atom is -0.368 e. The number of hydrogen-bond acceptors (Lipinski definition) is 3. The Bertz CT molecular complexity index is 286. The van der Waals surface area contributed by atoms with Crippen LogP contribution in [0, 0.1) is 0 Å². The molecule has 0 bridgehead atoms. The highest BCUT2D eigenvalue weighted by molar-refractivity contribution is 5.13. The average molecular weight is 208 g/mol. The summed E-state index contributed by atoms with van der Waals surface area (Å²) in [5, 5.41) is 9.50. The lowest BCUT2D eigenvalue weighted by atomic mass is 10.1. The Morgan fingerprint density at radius 3 is 2.87 bits per heavy atom. The van der Waals surface area contributed by atoms with Crippen molar-refractivity contribution in [1.82, 2.24) is 0 Å². The van der Waals surface area contributed by atoms with Gasteiger partial charge in [-0.05, 0) is 18.4 Å². The molecule has 15 heavy (non-hydrogen) atoms. The summed E-state index contributed by atoms with van der Waals surface area (Å²) in [5.41, 5.74) is 1.12. The molecule has 0 saturated carbocycles. The summed E-state index contributed by atoms with van der Waals surface area (Å²) in [6.45, 7) is 1.16. The van der Waals surface area contributed by atoms with Crippen molar-refractivity contribution < 1.29 is 14.6 Å². The van der Waals surface area contributed by atoms with Gasteiger partial charge >= 0.3 is 0 Å². The van der Waals surface area contributed by atoms with Gasteiger partial charge in [-0.1, -0.05) is 30.3 Å². The van der Waals surface area contributed by atoms with Crippen molar-refractivity contribution in [3.63, 3.8) is 0 Å². The lowest BCUT2D eigenvalue weighted by Gasteiger charge is -2.27. The molecule has 1 aromatic rings. The van der Waals surface area contributed by atoms with Crippen LogP contribution in [0.3, 0.4) is 0 Å². The van der Waals surface area contributed by atoms with E-state index in [1.54, 1.807) is 0 Å². The summed E-state index contributed by atoms with van der Waals surface area (Å²) in [4.78, 5) is 0. The molecule has 1 fully saturated rings.